The van der Waals surface area contributed by atoms with Gasteiger partial charge in [0.1, 0.15) is 5.75 Å². The van der Waals surface area contributed by atoms with E-state index in [0.29, 0.717) is 18.3 Å². The largest absolute Gasteiger partial charge is 0.497 e. The monoisotopic (exact) mass is 355 g/mol. The smallest absolute Gasteiger partial charge is 0.244 e. The van der Waals surface area contributed by atoms with Gasteiger partial charge in [-0.3, -0.25) is 0 Å². The Morgan fingerprint density at radius 2 is 1.96 bits per heavy atom. The highest BCUT2D eigenvalue weighted by atomic mass is 35.5. The number of aromatic nitrogens is 3. The molecule has 0 aliphatic heterocycles. The van der Waals surface area contributed by atoms with Crippen LogP contribution in [0.3, 0.4) is 0 Å². The quantitative estimate of drug-likeness (QED) is 0.669. The van der Waals surface area contributed by atoms with Crippen molar-refractivity contribution in [2.45, 2.75) is 6.42 Å². The van der Waals surface area contributed by atoms with Crippen LogP contribution in [0.15, 0.2) is 54.7 Å². The Balaban J connectivity index is 1.58. The molecule has 0 radical (unpaired) electrons. The molecular weight excluding hydrogens is 338 g/mol. The number of benzene rings is 2. The molecule has 0 spiro atoms. The summed E-state index contributed by atoms with van der Waals surface area (Å²) in [7, 11) is 1.63. The van der Waals surface area contributed by atoms with E-state index in [2.05, 4.69) is 25.8 Å². The van der Waals surface area contributed by atoms with E-state index in [-0.39, 0.29) is 0 Å². The third-order valence-electron chi connectivity index (χ3n) is 3.51. The second-order valence-corrected chi connectivity index (χ2v) is 5.76. The lowest BCUT2D eigenvalue weighted by Crippen LogP contribution is -2.09. The summed E-state index contributed by atoms with van der Waals surface area (Å²) < 4.78 is 5.21. The molecule has 0 saturated carbocycles. The molecule has 6 nitrogen and oxygen atoms in total. The van der Waals surface area contributed by atoms with Gasteiger partial charge in [-0.15, -0.1) is 5.10 Å². The zero-order chi connectivity index (χ0) is 17.5. The average Bonchev–Trinajstić information content (AvgIpc) is 2.64. The van der Waals surface area contributed by atoms with E-state index in [4.69, 9.17) is 16.3 Å². The Hall–Kier alpha value is -2.86. The fraction of sp³-hybridized carbons (Fsp3) is 0.167. The summed E-state index contributed by atoms with van der Waals surface area (Å²) in [5.74, 6) is 1.85. The lowest BCUT2D eigenvalue weighted by atomic mass is 10.1. The minimum atomic E-state index is 0.474. The van der Waals surface area contributed by atoms with Crippen molar-refractivity contribution in [2.24, 2.45) is 0 Å². The second-order valence-electron chi connectivity index (χ2n) is 5.33. The Morgan fingerprint density at radius 1 is 1.12 bits per heavy atom. The third-order valence-corrected chi connectivity index (χ3v) is 3.76. The maximum atomic E-state index is 5.89. The molecule has 1 aromatic heterocycles. The molecule has 1 heterocycles. The maximum absolute atomic E-state index is 5.89. The summed E-state index contributed by atoms with van der Waals surface area (Å²) in [5, 5.41) is 15.1. The topological polar surface area (TPSA) is 72.0 Å². The van der Waals surface area contributed by atoms with Crippen LogP contribution in [0, 0.1) is 0 Å². The van der Waals surface area contributed by atoms with E-state index in [1.807, 2.05) is 48.5 Å². The molecule has 0 saturated heterocycles. The molecule has 2 aromatic carbocycles. The molecule has 3 rings (SSSR count). The number of halogens is 1. The number of nitrogens with one attached hydrogen (secondary N) is 2. The van der Waals surface area contributed by atoms with Gasteiger partial charge in [0.2, 0.25) is 5.95 Å². The van der Waals surface area contributed by atoms with Gasteiger partial charge < -0.3 is 15.4 Å². The number of hydrogen-bond acceptors (Lipinski definition) is 6. The highest BCUT2D eigenvalue weighted by molar-refractivity contribution is 6.30. The van der Waals surface area contributed by atoms with Gasteiger partial charge in [-0.1, -0.05) is 29.8 Å². The van der Waals surface area contributed by atoms with Gasteiger partial charge in [-0.2, -0.15) is 10.1 Å². The molecule has 0 aliphatic rings. The first-order chi connectivity index (χ1) is 12.2. The third kappa shape index (κ3) is 5.06. The van der Waals surface area contributed by atoms with Crippen molar-refractivity contribution in [3.05, 3.63) is 65.3 Å². The van der Waals surface area contributed by atoms with Crippen molar-refractivity contribution >= 4 is 29.1 Å². The first-order valence-corrected chi connectivity index (χ1v) is 8.20. The molecule has 25 heavy (non-hydrogen) atoms. The molecule has 0 fully saturated rings. The lowest BCUT2D eigenvalue weighted by molar-refractivity contribution is 0.415. The van der Waals surface area contributed by atoms with Crippen molar-refractivity contribution in [3.8, 4) is 5.75 Å². The molecule has 7 heteroatoms. The van der Waals surface area contributed by atoms with Crippen LogP contribution < -0.4 is 15.4 Å². The fourth-order valence-corrected chi connectivity index (χ4v) is 2.38. The number of hydrogen-bond donors (Lipinski definition) is 2. The average molecular weight is 356 g/mol. The molecule has 0 amide bonds. The summed E-state index contributed by atoms with van der Waals surface area (Å²) >= 11 is 5.89. The van der Waals surface area contributed by atoms with Gasteiger partial charge in [0, 0.05) is 23.3 Å². The van der Waals surface area contributed by atoms with Crippen LogP contribution in [0.5, 0.6) is 5.75 Å². The van der Waals surface area contributed by atoms with Gasteiger partial charge in [0.25, 0.3) is 0 Å². The second kappa shape index (κ2) is 8.30. The molecule has 128 valence electrons. The van der Waals surface area contributed by atoms with Crippen molar-refractivity contribution < 1.29 is 4.74 Å². The zero-order valence-electron chi connectivity index (χ0n) is 13.7. The van der Waals surface area contributed by atoms with Gasteiger partial charge >= 0.3 is 0 Å². The van der Waals surface area contributed by atoms with Crippen LogP contribution in [0.25, 0.3) is 0 Å². The van der Waals surface area contributed by atoms with E-state index < -0.39 is 0 Å². The summed E-state index contributed by atoms with van der Waals surface area (Å²) in [5.41, 5.74) is 2.06. The number of ether oxygens (including phenoxy) is 1. The highest BCUT2D eigenvalue weighted by Gasteiger charge is 2.02. The van der Waals surface area contributed by atoms with Crippen molar-refractivity contribution in [3.63, 3.8) is 0 Å². The normalized spacial score (nSPS) is 10.3. The number of rotatable bonds is 7. The van der Waals surface area contributed by atoms with Crippen molar-refractivity contribution in [2.75, 3.05) is 24.3 Å². The van der Waals surface area contributed by atoms with Gasteiger partial charge in [0.15, 0.2) is 5.82 Å². The first-order valence-electron chi connectivity index (χ1n) is 7.82. The molecule has 2 N–H and O–H groups in total. The Labute approximate surface area is 151 Å². The molecule has 0 atom stereocenters. The summed E-state index contributed by atoms with van der Waals surface area (Å²) in [4.78, 5) is 4.41. The minimum absolute atomic E-state index is 0.474. The fourth-order valence-electron chi connectivity index (χ4n) is 2.26. The van der Waals surface area contributed by atoms with Crippen LogP contribution in [0.1, 0.15) is 5.56 Å². The van der Waals surface area contributed by atoms with Crippen molar-refractivity contribution in [1.29, 1.82) is 0 Å². The van der Waals surface area contributed by atoms with Crippen LogP contribution in [0.4, 0.5) is 17.5 Å². The van der Waals surface area contributed by atoms with Gasteiger partial charge in [0.05, 0.1) is 13.3 Å². The predicted octanol–water partition coefficient (Wildman–Crippen LogP) is 3.93. The summed E-state index contributed by atoms with van der Waals surface area (Å²) in [6.07, 6.45) is 2.41. The van der Waals surface area contributed by atoms with E-state index in [0.717, 1.165) is 22.9 Å². The molecular formula is C18H18ClN5O. The van der Waals surface area contributed by atoms with Crippen molar-refractivity contribution in [1.82, 2.24) is 15.2 Å². The van der Waals surface area contributed by atoms with Gasteiger partial charge in [-0.25, -0.2) is 0 Å². The standard InChI is InChI=1S/C18H18ClN5O/c1-25-16-4-2-3-15(11-16)22-17-12-21-24-18(23-17)20-10-9-13-5-7-14(19)8-6-13/h2-8,11-12H,9-10H2,1H3,(H2,20,22,23,24). The Bertz CT molecular complexity index is 826. The predicted molar refractivity (Wildman–Crippen MR) is 99.7 cm³/mol. The number of methoxy groups -OCH3 is 1. The minimum Gasteiger partial charge on any atom is -0.497 e. The Kier molecular flexibility index (Phi) is 5.64. The molecule has 0 bridgehead atoms. The number of nitrogens with zero attached hydrogens (tertiary/aromatic N) is 3. The highest BCUT2D eigenvalue weighted by Crippen LogP contribution is 2.20. The lowest BCUT2D eigenvalue weighted by Gasteiger charge is -2.09. The van der Waals surface area contributed by atoms with E-state index in [9.17, 15) is 0 Å². The van der Waals surface area contributed by atoms with Crippen LogP contribution in [-0.2, 0) is 6.42 Å². The maximum Gasteiger partial charge on any atom is 0.244 e. The van der Waals surface area contributed by atoms with Crippen LogP contribution in [-0.4, -0.2) is 28.8 Å². The van der Waals surface area contributed by atoms with E-state index in [1.54, 1.807) is 13.3 Å². The van der Waals surface area contributed by atoms with E-state index >= 15 is 0 Å². The van der Waals surface area contributed by atoms with Gasteiger partial charge in [-0.05, 0) is 36.2 Å². The van der Waals surface area contributed by atoms with Crippen LogP contribution >= 0.6 is 11.6 Å². The van der Waals surface area contributed by atoms with E-state index in [1.165, 1.54) is 5.56 Å². The molecule has 0 aliphatic carbocycles. The first kappa shape index (κ1) is 17.0. The van der Waals surface area contributed by atoms with Crippen LogP contribution in [0.2, 0.25) is 5.02 Å². The molecule has 0 unspecified atom stereocenters. The number of anilines is 3. The SMILES string of the molecule is COc1cccc(Nc2cnnc(NCCc3ccc(Cl)cc3)n2)c1. The summed E-state index contributed by atoms with van der Waals surface area (Å²) in [6.45, 7) is 0.700. The zero-order valence-corrected chi connectivity index (χ0v) is 14.5. The Morgan fingerprint density at radius 3 is 2.76 bits per heavy atom. The molecule has 3 aromatic rings. The summed E-state index contributed by atoms with van der Waals surface area (Å²) in [6, 6.07) is 15.4.